The number of carbonyl (C=O) groups excluding carboxylic acids is 1. The zero-order chi connectivity index (χ0) is 13.1. The van der Waals surface area contributed by atoms with Gasteiger partial charge in [0.05, 0.1) is 5.56 Å². The first-order valence-corrected chi connectivity index (χ1v) is 6.10. The van der Waals surface area contributed by atoms with Gasteiger partial charge >= 0.3 is 0 Å². The van der Waals surface area contributed by atoms with Gasteiger partial charge in [-0.1, -0.05) is 13.0 Å². The zero-order valence-electron chi connectivity index (χ0n) is 10.3. The van der Waals surface area contributed by atoms with Crippen LogP contribution in [0.15, 0.2) is 18.2 Å². The van der Waals surface area contributed by atoms with Crippen LogP contribution >= 0.6 is 0 Å². The molecule has 0 bridgehead atoms. The Hall–Kier alpha value is -1.75. The molecule has 2 atom stereocenters. The van der Waals surface area contributed by atoms with E-state index in [0.29, 0.717) is 5.92 Å². The van der Waals surface area contributed by atoms with Crippen LogP contribution in [0.3, 0.4) is 0 Å². The molecule has 1 aliphatic rings. The number of hydrogen-bond donors (Lipinski definition) is 4. The standard InChI is InChI=1S/C13H18N2O3/c1-8-5-9(7-14-6-8)15-13(18)10-3-2-4-11(16)12(10)17/h2-4,8-9,14,16-17H,5-7H2,1H3,(H,15,18). The Kier molecular flexibility index (Phi) is 3.72. The second-order valence-corrected chi connectivity index (χ2v) is 4.84. The minimum absolute atomic E-state index is 0.0583. The molecule has 5 nitrogen and oxygen atoms in total. The van der Waals surface area contributed by atoms with Crippen LogP contribution in [0.4, 0.5) is 0 Å². The number of amides is 1. The summed E-state index contributed by atoms with van der Waals surface area (Å²) < 4.78 is 0. The number of phenols is 2. The van der Waals surface area contributed by atoms with Gasteiger partial charge in [-0.05, 0) is 31.0 Å². The van der Waals surface area contributed by atoms with Crippen LogP contribution in [-0.4, -0.2) is 35.3 Å². The van der Waals surface area contributed by atoms with Crippen LogP contribution in [0, 0.1) is 5.92 Å². The summed E-state index contributed by atoms with van der Waals surface area (Å²) in [5.41, 5.74) is 0.105. The van der Waals surface area contributed by atoms with Crippen LogP contribution in [0.2, 0.25) is 0 Å². The highest BCUT2D eigenvalue weighted by Gasteiger charge is 2.22. The van der Waals surface area contributed by atoms with Crippen molar-refractivity contribution in [3.63, 3.8) is 0 Å². The molecule has 1 fully saturated rings. The maximum absolute atomic E-state index is 12.0. The van der Waals surface area contributed by atoms with Crippen LogP contribution in [0.5, 0.6) is 11.5 Å². The molecular formula is C13H18N2O3. The molecule has 1 heterocycles. The molecule has 2 unspecified atom stereocenters. The van der Waals surface area contributed by atoms with Crippen molar-refractivity contribution in [2.24, 2.45) is 5.92 Å². The molecular weight excluding hydrogens is 232 g/mol. The number of rotatable bonds is 2. The Bertz CT molecular complexity index is 448. The molecule has 0 radical (unpaired) electrons. The molecule has 0 saturated carbocycles. The summed E-state index contributed by atoms with van der Waals surface area (Å²) in [5, 5.41) is 25.1. The van der Waals surface area contributed by atoms with Gasteiger partial charge in [0.2, 0.25) is 0 Å². The lowest BCUT2D eigenvalue weighted by molar-refractivity contribution is 0.0922. The lowest BCUT2D eigenvalue weighted by atomic mass is 9.97. The van der Waals surface area contributed by atoms with Gasteiger partial charge in [-0.3, -0.25) is 4.79 Å². The van der Waals surface area contributed by atoms with Gasteiger partial charge in [-0.25, -0.2) is 0 Å². The average molecular weight is 250 g/mol. The molecule has 0 aromatic heterocycles. The molecule has 0 aliphatic carbocycles. The number of para-hydroxylation sites is 1. The molecule has 5 heteroatoms. The van der Waals surface area contributed by atoms with E-state index in [-0.39, 0.29) is 29.0 Å². The van der Waals surface area contributed by atoms with Crippen LogP contribution in [-0.2, 0) is 0 Å². The highest BCUT2D eigenvalue weighted by atomic mass is 16.3. The van der Waals surface area contributed by atoms with E-state index in [1.807, 2.05) is 0 Å². The molecule has 2 rings (SSSR count). The average Bonchev–Trinajstić information content (AvgIpc) is 2.32. The van der Waals surface area contributed by atoms with Crippen molar-refractivity contribution in [1.82, 2.24) is 10.6 Å². The van der Waals surface area contributed by atoms with Crippen LogP contribution in [0.25, 0.3) is 0 Å². The summed E-state index contributed by atoms with van der Waals surface area (Å²) in [7, 11) is 0. The van der Waals surface area contributed by atoms with E-state index < -0.39 is 0 Å². The molecule has 18 heavy (non-hydrogen) atoms. The first kappa shape index (κ1) is 12.7. The number of piperidine rings is 1. The van der Waals surface area contributed by atoms with E-state index in [1.165, 1.54) is 18.2 Å². The second-order valence-electron chi connectivity index (χ2n) is 4.84. The summed E-state index contributed by atoms with van der Waals surface area (Å²) in [5.74, 6) is -0.490. The fourth-order valence-corrected chi connectivity index (χ4v) is 2.24. The Morgan fingerprint density at radius 2 is 2.17 bits per heavy atom. The summed E-state index contributed by atoms with van der Waals surface area (Å²) >= 11 is 0. The van der Waals surface area contributed by atoms with Crippen molar-refractivity contribution < 1.29 is 15.0 Å². The predicted molar refractivity (Wildman–Crippen MR) is 67.7 cm³/mol. The van der Waals surface area contributed by atoms with Crippen molar-refractivity contribution in [2.75, 3.05) is 13.1 Å². The smallest absolute Gasteiger partial charge is 0.255 e. The Balaban J connectivity index is 2.05. The maximum atomic E-state index is 12.0. The van der Waals surface area contributed by atoms with Crippen molar-refractivity contribution in [2.45, 2.75) is 19.4 Å². The Morgan fingerprint density at radius 3 is 2.89 bits per heavy atom. The van der Waals surface area contributed by atoms with E-state index in [9.17, 15) is 15.0 Å². The SMILES string of the molecule is CC1CNCC(NC(=O)c2cccc(O)c2O)C1. The van der Waals surface area contributed by atoms with E-state index in [4.69, 9.17) is 0 Å². The highest BCUT2D eigenvalue weighted by Crippen LogP contribution is 2.28. The van der Waals surface area contributed by atoms with Crippen molar-refractivity contribution >= 4 is 5.91 Å². The molecule has 1 aliphatic heterocycles. The topological polar surface area (TPSA) is 81.6 Å². The van der Waals surface area contributed by atoms with E-state index >= 15 is 0 Å². The Morgan fingerprint density at radius 1 is 1.39 bits per heavy atom. The monoisotopic (exact) mass is 250 g/mol. The van der Waals surface area contributed by atoms with Gasteiger partial charge < -0.3 is 20.8 Å². The van der Waals surface area contributed by atoms with Gasteiger partial charge in [-0.15, -0.1) is 0 Å². The molecule has 4 N–H and O–H groups in total. The summed E-state index contributed by atoms with van der Waals surface area (Å²) in [6.45, 7) is 3.82. The normalized spacial score (nSPS) is 23.6. The van der Waals surface area contributed by atoms with E-state index in [0.717, 1.165) is 19.5 Å². The lowest BCUT2D eigenvalue weighted by Gasteiger charge is -2.28. The summed E-state index contributed by atoms with van der Waals surface area (Å²) in [6.07, 6.45) is 0.915. The third-order valence-electron chi connectivity index (χ3n) is 3.16. The van der Waals surface area contributed by atoms with Crippen molar-refractivity contribution in [1.29, 1.82) is 0 Å². The molecule has 1 aromatic rings. The quantitative estimate of drug-likeness (QED) is 0.586. The van der Waals surface area contributed by atoms with Gasteiger partial charge in [0, 0.05) is 12.6 Å². The molecule has 0 spiro atoms. The molecule has 1 amide bonds. The predicted octanol–water partition coefficient (Wildman–Crippen LogP) is 0.826. The molecule has 1 aromatic carbocycles. The van der Waals surface area contributed by atoms with Crippen LogP contribution in [0.1, 0.15) is 23.7 Å². The number of phenolic OH excluding ortho intramolecular Hbond substituents is 2. The first-order chi connectivity index (χ1) is 8.58. The second kappa shape index (κ2) is 5.27. The molecule has 98 valence electrons. The zero-order valence-corrected chi connectivity index (χ0v) is 10.3. The van der Waals surface area contributed by atoms with E-state index in [2.05, 4.69) is 17.6 Å². The maximum Gasteiger partial charge on any atom is 0.255 e. The number of aromatic hydroxyl groups is 2. The largest absolute Gasteiger partial charge is 0.504 e. The summed E-state index contributed by atoms with van der Waals surface area (Å²) in [4.78, 5) is 12.0. The lowest BCUT2D eigenvalue weighted by Crippen LogP contribution is -2.48. The van der Waals surface area contributed by atoms with Crippen molar-refractivity contribution in [3.05, 3.63) is 23.8 Å². The Labute approximate surface area is 106 Å². The first-order valence-electron chi connectivity index (χ1n) is 6.10. The number of benzene rings is 1. The fraction of sp³-hybridized carbons (Fsp3) is 0.462. The van der Waals surface area contributed by atoms with E-state index in [1.54, 1.807) is 0 Å². The summed E-state index contributed by atoms with van der Waals surface area (Å²) in [6, 6.07) is 4.43. The van der Waals surface area contributed by atoms with Gasteiger partial charge in [0.1, 0.15) is 0 Å². The third-order valence-corrected chi connectivity index (χ3v) is 3.16. The minimum atomic E-state index is -0.369. The van der Waals surface area contributed by atoms with Gasteiger partial charge in [0.25, 0.3) is 5.91 Å². The molecule has 1 saturated heterocycles. The third kappa shape index (κ3) is 2.73. The van der Waals surface area contributed by atoms with Crippen molar-refractivity contribution in [3.8, 4) is 11.5 Å². The number of hydrogen-bond acceptors (Lipinski definition) is 4. The number of carbonyl (C=O) groups is 1. The van der Waals surface area contributed by atoms with Gasteiger partial charge in [0.15, 0.2) is 11.5 Å². The fourth-order valence-electron chi connectivity index (χ4n) is 2.24. The number of nitrogens with one attached hydrogen (secondary N) is 2. The highest BCUT2D eigenvalue weighted by molar-refractivity contribution is 5.97. The minimum Gasteiger partial charge on any atom is -0.504 e. The van der Waals surface area contributed by atoms with Gasteiger partial charge in [-0.2, -0.15) is 0 Å². The van der Waals surface area contributed by atoms with Crippen LogP contribution < -0.4 is 10.6 Å².